The van der Waals surface area contributed by atoms with Crippen LogP contribution in [0.4, 0.5) is 0 Å². The van der Waals surface area contributed by atoms with Gasteiger partial charge in [-0.2, -0.15) is 0 Å². The molecule has 19 heavy (non-hydrogen) atoms. The van der Waals surface area contributed by atoms with Gasteiger partial charge < -0.3 is 14.8 Å². The molecule has 98 valence electrons. The maximum Gasteiger partial charge on any atom is 0.488 e. The monoisotopic (exact) mass is 256 g/mol. The minimum atomic E-state index is -1.47. The summed E-state index contributed by atoms with van der Waals surface area (Å²) in [4.78, 5) is 0. The first kappa shape index (κ1) is 13.7. The number of rotatable bonds is 5. The summed E-state index contributed by atoms with van der Waals surface area (Å²) in [6.07, 6.45) is 1.000. The highest BCUT2D eigenvalue weighted by Gasteiger charge is 2.15. The van der Waals surface area contributed by atoms with Gasteiger partial charge in [-0.3, -0.25) is 0 Å². The molecule has 0 aliphatic heterocycles. The van der Waals surface area contributed by atoms with Crippen LogP contribution in [0.1, 0.15) is 18.1 Å². The Morgan fingerprint density at radius 1 is 1.00 bits per heavy atom. The predicted octanol–water partition coefficient (Wildman–Crippen LogP) is 1.51. The van der Waals surface area contributed by atoms with E-state index in [1.165, 1.54) is 5.56 Å². The van der Waals surface area contributed by atoms with Crippen LogP contribution in [-0.4, -0.2) is 17.2 Å². The molecule has 0 atom stereocenters. The van der Waals surface area contributed by atoms with Crippen LogP contribution in [0.15, 0.2) is 48.5 Å². The lowest BCUT2D eigenvalue weighted by Gasteiger charge is -2.10. The van der Waals surface area contributed by atoms with E-state index >= 15 is 0 Å². The highest BCUT2D eigenvalue weighted by molar-refractivity contribution is 6.59. The van der Waals surface area contributed by atoms with Gasteiger partial charge in [0.05, 0.1) is 0 Å². The Morgan fingerprint density at radius 2 is 1.68 bits per heavy atom. The van der Waals surface area contributed by atoms with Crippen molar-refractivity contribution in [1.82, 2.24) is 0 Å². The van der Waals surface area contributed by atoms with Crippen molar-refractivity contribution in [3.05, 3.63) is 59.7 Å². The molecule has 0 saturated heterocycles. The zero-order valence-electron chi connectivity index (χ0n) is 10.9. The highest BCUT2D eigenvalue weighted by atomic mass is 16.5. The summed E-state index contributed by atoms with van der Waals surface area (Å²) in [6.45, 7) is 2.42. The number of hydrogen-bond donors (Lipinski definition) is 2. The molecule has 2 N–H and O–H groups in total. The van der Waals surface area contributed by atoms with Gasteiger partial charge in [-0.1, -0.05) is 43.3 Å². The van der Waals surface area contributed by atoms with E-state index in [0.717, 1.165) is 17.7 Å². The van der Waals surface area contributed by atoms with Gasteiger partial charge in [-0.15, -0.1) is 0 Å². The van der Waals surface area contributed by atoms with Crippen LogP contribution in [0, 0.1) is 0 Å². The molecule has 0 aromatic heterocycles. The minimum absolute atomic E-state index is 0.319. The molecule has 0 aliphatic carbocycles. The van der Waals surface area contributed by atoms with Crippen molar-refractivity contribution in [2.75, 3.05) is 0 Å². The lowest BCUT2D eigenvalue weighted by atomic mass is 9.77. The highest BCUT2D eigenvalue weighted by Crippen LogP contribution is 2.14. The van der Waals surface area contributed by atoms with Crippen molar-refractivity contribution >= 4 is 12.6 Å². The largest absolute Gasteiger partial charge is 0.489 e. The SMILES string of the molecule is CCc1ccc(OCc2ccccc2B(O)O)cc1. The summed E-state index contributed by atoms with van der Waals surface area (Å²) in [7, 11) is -1.47. The minimum Gasteiger partial charge on any atom is -0.489 e. The van der Waals surface area contributed by atoms with Crippen LogP contribution >= 0.6 is 0 Å². The van der Waals surface area contributed by atoms with E-state index < -0.39 is 7.12 Å². The molecule has 0 amide bonds. The quantitative estimate of drug-likeness (QED) is 0.797. The van der Waals surface area contributed by atoms with Gasteiger partial charge in [0.2, 0.25) is 0 Å². The molecule has 2 aromatic carbocycles. The Bertz CT molecular complexity index is 523. The van der Waals surface area contributed by atoms with E-state index in [9.17, 15) is 10.0 Å². The average Bonchev–Trinajstić information content (AvgIpc) is 2.46. The van der Waals surface area contributed by atoms with Crippen LogP contribution in [0.25, 0.3) is 0 Å². The van der Waals surface area contributed by atoms with Crippen LogP contribution in [0.3, 0.4) is 0 Å². The van der Waals surface area contributed by atoms with Crippen LogP contribution in [0.5, 0.6) is 5.75 Å². The predicted molar refractivity (Wildman–Crippen MR) is 76.4 cm³/mol. The normalized spacial score (nSPS) is 10.3. The van der Waals surface area contributed by atoms with Gasteiger partial charge in [0.15, 0.2) is 0 Å². The van der Waals surface area contributed by atoms with Crippen LogP contribution in [-0.2, 0) is 13.0 Å². The summed E-state index contributed by atoms with van der Waals surface area (Å²) in [5.74, 6) is 0.777. The molecule has 3 nitrogen and oxygen atoms in total. The fourth-order valence-corrected chi connectivity index (χ4v) is 1.90. The number of aryl methyl sites for hydroxylation is 1. The lowest BCUT2D eigenvalue weighted by Crippen LogP contribution is -2.33. The van der Waals surface area contributed by atoms with Gasteiger partial charge in [0, 0.05) is 0 Å². The molecule has 0 heterocycles. The zero-order valence-corrected chi connectivity index (χ0v) is 10.9. The van der Waals surface area contributed by atoms with Gasteiger partial charge in [-0.05, 0) is 35.1 Å². The Labute approximate surface area is 113 Å². The van der Waals surface area contributed by atoms with E-state index in [-0.39, 0.29) is 0 Å². The summed E-state index contributed by atoms with van der Waals surface area (Å²) >= 11 is 0. The van der Waals surface area contributed by atoms with Gasteiger partial charge >= 0.3 is 7.12 Å². The van der Waals surface area contributed by atoms with Crippen molar-refractivity contribution in [2.45, 2.75) is 20.0 Å². The second kappa shape index (κ2) is 6.41. The molecule has 4 heteroatoms. The average molecular weight is 256 g/mol. The Balaban J connectivity index is 2.05. The van der Waals surface area contributed by atoms with E-state index in [1.807, 2.05) is 36.4 Å². The summed E-state index contributed by atoms with van der Waals surface area (Å²) in [5.41, 5.74) is 2.52. The third-order valence-electron chi connectivity index (χ3n) is 3.06. The third-order valence-corrected chi connectivity index (χ3v) is 3.06. The molecule has 2 aromatic rings. The van der Waals surface area contributed by atoms with Gasteiger partial charge in [-0.25, -0.2) is 0 Å². The Morgan fingerprint density at radius 3 is 2.32 bits per heavy atom. The lowest BCUT2D eigenvalue weighted by molar-refractivity contribution is 0.306. The van der Waals surface area contributed by atoms with Crippen LogP contribution in [0.2, 0.25) is 0 Å². The topological polar surface area (TPSA) is 49.7 Å². The zero-order chi connectivity index (χ0) is 13.7. The summed E-state index contributed by atoms with van der Waals surface area (Å²) in [5, 5.41) is 18.5. The fourth-order valence-electron chi connectivity index (χ4n) is 1.90. The Hall–Kier alpha value is -1.78. The van der Waals surface area contributed by atoms with E-state index in [2.05, 4.69) is 6.92 Å². The smallest absolute Gasteiger partial charge is 0.488 e. The molecule has 0 unspecified atom stereocenters. The first-order valence-electron chi connectivity index (χ1n) is 6.36. The van der Waals surface area contributed by atoms with E-state index in [1.54, 1.807) is 12.1 Å². The molecule has 2 rings (SSSR count). The maximum atomic E-state index is 9.27. The number of hydrogen-bond acceptors (Lipinski definition) is 3. The second-order valence-corrected chi connectivity index (χ2v) is 4.36. The molecule has 0 saturated carbocycles. The number of ether oxygens (including phenoxy) is 1. The molecular formula is C15H17BO3. The third kappa shape index (κ3) is 3.59. The van der Waals surface area contributed by atoms with Crippen molar-refractivity contribution in [3.8, 4) is 5.75 Å². The van der Waals surface area contributed by atoms with Crippen molar-refractivity contribution in [2.24, 2.45) is 0 Å². The van der Waals surface area contributed by atoms with Crippen molar-refractivity contribution < 1.29 is 14.8 Å². The molecular weight excluding hydrogens is 239 g/mol. The van der Waals surface area contributed by atoms with E-state index in [4.69, 9.17) is 4.74 Å². The van der Waals surface area contributed by atoms with Crippen molar-refractivity contribution in [1.29, 1.82) is 0 Å². The molecule has 0 spiro atoms. The fraction of sp³-hybridized carbons (Fsp3) is 0.200. The van der Waals surface area contributed by atoms with Crippen molar-refractivity contribution in [3.63, 3.8) is 0 Å². The van der Waals surface area contributed by atoms with Gasteiger partial charge in [0.25, 0.3) is 0 Å². The molecule has 0 bridgehead atoms. The molecule has 0 fully saturated rings. The maximum absolute atomic E-state index is 9.27. The standard InChI is InChI=1S/C15H17BO3/c1-2-12-7-9-14(10-8-12)19-11-13-5-3-4-6-15(13)16(17)18/h3-10,17-18H,2,11H2,1H3. The van der Waals surface area contributed by atoms with E-state index in [0.29, 0.717) is 12.1 Å². The first-order valence-corrected chi connectivity index (χ1v) is 6.36. The number of benzene rings is 2. The molecule has 0 aliphatic rings. The Kier molecular flexibility index (Phi) is 4.60. The summed E-state index contributed by atoms with van der Waals surface area (Å²) < 4.78 is 5.66. The summed E-state index contributed by atoms with van der Waals surface area (Å²) in [6, 6.07) is 15.1. The second-order valence-electron chi connectivity index (χ2n) is 4.36. The van der Waals surface area contributed by atoms with Gasteiger partial charge in [0.1, 0.15) is 12.4 Å². The van der Waals surface area contributed by atoms with Crippen LogP contribution < -0.4 is 10.2 Å². The molecule has 0 radical (unpaired) electrons. The first-order chi connectivity index (χ1) is 9.20.